The minimum Gasteiger partial charge on any atom is -0.126 e. The van der Waals surface area contributed by atoms with Crippen LogP contribution in [0.15, 0.2) is 133 Å². The second-order valence-corrected chi connectivity index (χ2v) is 10.6. The smallest absolute Gasteiger partial charge is 0.0771 e. The summed E-state index contributed by atoms with van der Waals surface area (Å²) >= 11 is 1.60. The Kier molecular flexibility index (Phi) is 15.0. The minimum absolute atomic E-state index is 0. The van der Waals surface area contributed by atoms with Crippen LogP contribution in [0.5, 0.6) is 0 Å². The fourth-order valence-electron chi connectivity index (χ4n) is 4.25. The SMILES string of the molecule is [C-]1=CC=CC1.[Cl-].[Cl-].[Zr+2]=[C](CCc1ccccc1)CCc1ccccc1.c1ccc2c(c1)[cH-]c1ccccc12. The van der Waals surface area contributed by atoms with Crippen LogP contribution in [0.25, 0.3) is 21.5 Å². The molecule has 0 unspecified atom stereocenters. The molecule has 0 fully saturated rings. The molecule has 5 aromatic rings. The zero-order chi connectivity index (χ0) is 24.8. The van der Waals surface area contributed by atoms with Crippen LogP contribution in [0.2, 0.25) is 0 Å². The molecule has 1 aliphatic rings. The van der Waals surface area contributed by atoms with Crippen LogP contribution in [0, 0.1) is 6.08 Å². The standard InChI is InChI=1S/C17H18.C13H9.C5H5.2ClH.Zr/c1-4-10-16(11-5-1)14-8-3-9-15-17-12-6-2-7-13-17;1-3-7-12-10(5-1)9-11-6-2-4-8-13(11)12;1-2-4-5-3-1;;;/h1-2,4-7,10-13H,8-9,14-15H2;1-9H;1-3H,4H2;2*1H;/q;2*-1;;;+2/p-2. The molecule has 0 saturated carbocycles. The van der Waals surface area contributed by atoms with Crippen molar-refractivity contribution in [2.75, 3.05) is 0 Å². The monoisotopic (exact) mass is 612 g/mol. The van der Waals surface area contributed by atoms with Crippen molar-refractivity contribution in [3.63, 3.8) is 0 Å². The van der Waals surface area contributed by atoms with E-state index in [1.54, 1.807) is 27.4 Å². The maximum atomic E-state index is 2.99. The van der Waals surface area contributed by atoms with E-state index in [1.807, 2.05) is 12.2 Å². The quantitative estimate of drug-likeness (QED) is 0.258. The fraction of sp³-hybridized carbons (Fsp3) is 0.143. The Labute approximate surface area is 255 Å². The molecule has 0 nitrogen and oxygen atoms in total. The molecule has 0 amide bonds. The van der Waals surface area contributed by atoms with Crippen molar-refractivity contribution < 1.29 is 49.0 Å². The summed E-state index contributed by atoms with van der Waals surface area (Å²) in [6.45, 7) is 0. The van der Waals surface area contributed by atoms with Gasteiger partial charge in [0.2, 0.25) is 0 Å². The van der Waals surface area contributed by atoms with Crippen LogP contribution in [0.4, 0.5) is 0 Å². The van der Waals surface area contributed by atoms with E-state index in [2.05, 4.69) is 127 Å². The van der Waals surface area contributed by atoms with Gasteiger partial charge in [-0.1, -0.05) is 36.4 Å². The normalized spacial score (nSPS) is 11.0. The zero-order valence-corrected chi connectivity index (χ0v) is 25.5. The Bertz CT molecular complexity index is 1310. The van der Waals surface area contributed by atoms with Gasteiger partial charge in [-0.05, 0) is 0 Å². The summed E-state index contributed by atoms with van der Waals surface area (Å²) in [5.41, 5.74) is 2.91. The van der Waals surface area contributed by atoms with Crippen LogP contribution in [-0.2, 0) is 37.1 Å². The molecule has 5 aromatic carbocycles. The number of hydrogen-bond acceptors (Lipinski definition) is 0. The van der Waals surface area contributed by atoms with Crippen LogP contribution in [0.3, 0.4) is 0 Å². The van der Waals surface area contributed by atoms with Crippen LogP contribution in [0.1, 0.15) is 30.4 Å². The molecule has 6 rings (SSSR count). The summed E-state index contributed by atoms with van der Waals surface area (Å²) in [6, 6.07) is 40.8. The number of hydrogen-bond donors (Lipinski definition) is 0. The number of rotatable bonds is 6. The van der Waals surface area contributed by atoms with Gasteiger partial charge in [0.05, 0.1) is 0 Å². The predicted molar refractivity (Wildman–Crippen MR) is 153 cm³/mol. The van der Waals surface area contributed by atoms with Gasteiger partial charge in [0.15, 0.2) is 0 Å². The average Bonchev–Trinajstić information content (AvgIpc) is 3.64. The van der Waals surface area contributed by atoms with E-state index < -0.39 is 0 Å². The van der Waals surface area contributed by atoms with E-state index in [4.69, 9.17) is 0 Å². The van der Waals surface area contributed by atoms with Gasteiger partial charge in [0.25, 0.3) is 0 Å². The van der Waals surface area contributed by atoms with Crippen LogP contribution in [-0.4, -0.2) is 3.21 Å². The first kappa shape index (κ1) is 31.8. The summed E-state index contributed by atoms with van der Waals surface area (Å²) < 4.78 is 1.69. The Morgan fingerprint density at radius 3 is 1.47 bits per heavy atom. The van der Waals surface area contributed by atoms with Crippen molar-refractivity contribution >= 4 is 24.8 Å². The molecule has 192 valence electrons. The zero-order valence-electron chi connectivity index (χ0n) is 21.5. The molecule has 0 saturated heterocycles. The predicted octanol–water partition coefficient (Wildman–Crippen LogP) is 3.00. The summed E-state index contributed by atoms with van der Waals surface area (Å²) in [6.07, 6.45) is 14.9. The molecular formula is C35H32Cl2Zr-2. The Balaban J connectivity index is 0.000000221. The fourth-order valence-corrected chi connectivity index (χ4v) is 4.86. The van der Waals surface area contributed by atoms with E-state index in [0.717, 1.165) is 6.42 Å². The molecular weight excluding hydrogens is 583 g/mol. The molecule has 0 bridgehead atoms. The second-order valence-electron chi connectivity index (χ2n) is 8.90. The van der Waals surface area contributed by atoms with Gasteiger partial charge >= 0.3 is 125 Å². The summed E-state index contributed by atoms with van der Waals surface area (Å²) in [7, 11) is 0. The third-order valence-corrected chi connectivity index (χ3v) is 7.45. The third-order valence-electron chi connectivity index (χ3n) is 6.23. The van der Waals surface area contributed by atoms with Crippen molar-refractivity contribution in [2.45, 2.75) is 32.1 Å². The first-order valence-electron chi connectivity index (χ1n) is 12.7. The molecule has 0 heterocycles. The minimum atomic E-state index is 0. The van der Waals surface area contributed by atoms with E-state index in [-0.39, 0.29) is 24.8 Å². The van der Waals surface area contributed by atoms with Crippen molar-refractivity contribution in [3.8, 4) is 0 Å². The van der Waals surface area contributed by atoms with Gasteiger partial charge in [-0.3, -0.25) is 6.08 Å². The Morgan fingerprint density at radius 2 is 1.08 bits per heavy atom. The number of fused-ring (bicyclic) bond motifs is 3. The summed E-state index contributed by atoms with van der Waals surface area (Å²) in [4.78, 5) is 0. The maximum absolute atomic E-state index is 2.99. The number of allylic oxidation sites excluding steroid dienone is 4. The van der Waals surface area contributed by atoms with Crippen molar-refractivity contribution in [1.82, 2.24) is 0 Å². The molecule has 0 aromatic heterocycles. The van der Waals surface area contributed by atoms with Gasteiger partial charge < -0.3 is 24.8 Å². The first-order valence-corrected chi connectivity index (χ1v) is 13.9. The number of benzene rings is 4. The molecule has 0 N–H and O–H groups in total. The topological polar surface area (TPSA) is 0 Å². The largest absolute Gasteiger partial charge is 0.126 e. The third kappa shape index (κ3) is 10.4. The summed E-state index contributed by atoms with van der Waals surface area (Å²) in [5, 5.41) is 5.39. The number of halogens is 2. The molecule has 1 aliphatic carbocycles. The van der Waals surface area contributed by atoms with Crippen LogP contribution >= 0.6 is 0 Å². The van der Waals surface area contributed by atoms with E-state index in [1.165, 1.54) is 58.4 Å². The van der Waals surface area contributed by atoms with Crippen molar-refractivity contribution in [3.05, 3.63) is 151 Å². The van der Waals surface area contributed by atoms with Gasteiger partial charge in [-0.2, -0.15) is 6.08 Å². The molecule has 0 spiro atoms. The van der Waals surface area contributed by atoms with Gasteiger partial charge in [-0.25, -0.2) is 12.2 Å². The molecule has 38 heavy (non-hydrogen) atoms. The maximum Gasteiger partial charge on any atom is -0.0771 e. The Morgan fingerprint density at radius 1 is 0.632 bits per heavy atom. The van der Waals surface area contributed by atoms with E-state index in [0.29, 0.717) is 0 Å². The van der Waals surface area contributed by atoms with E-state index >= 15 is 0 Å². The Hall–Kier alpha value is -2.44. The van der Waals surface area contributed by atoms with Gasteiger partial charge in [0, 0.05) is 0 Å². The average molecular weight is 615 g/mol. The molecule has 0 radical (unpaired) electrons. The first-order chi connectivity index (χ1) is 17.8. The van der Waals surface area contributed by atoms with Gasteiger partial charge in [-0.15, -0.1) is 46.2 Å². The van der Waals surface area contributed by atoms with Crippen LogP contribution < -0.4 is 24.8 Å². The molecule has 0 aliphatic heterocycles. The van der Waals surface area contributed by atoms with E-state index in [9.17, 15) is 0 Å². The number of aryl methyl sites for hydroxylation is 2. The van der Waals surface area contributed by atoms with Gasteiger partial charge in [0.1, 0.15) is 0 Å². The molecule has 0 atom stereocenters. The molecule has 3 heteroatoms. The summed E-state index contributed by atoms with van der Waals surface area (Å²) in [5.74, 6) is 0. The van der Waals surface area contributed by atoms with Crippen molar-refractivity contribution in [1.29, 1.82) is 0 Å². The second kappa shape index (κ2) is 18.0. The van der Waals surface area contributed by atoms with Crippen molar-refractivity contribution in [2.24, 2.45) is 0 Å².